The van der Waals surface area contributed by atoms with Crippen LogP contribution < -0.4 is 5.73 Å². The summed E-state index contributed by atoms with van der Waals surface area (Å²) in [4.78, 5) is 13.6. The van der Waals surface area contributed by atoms with Crippen LogP contribution in [0.4, 0.5) is 0 Å². The lowest BCUT2D eigenvalue weighted by Gasteiger charge is -2.18. The number of carbonyl (C=O) groups excluding carboxylic acids is 1. The third-order valence-corrected chi connectivity index (χ3v) is 2.59. The molecule has 4 heteroatoms. The van der Waals surface area contributed by atoms with E-state index in [-0.39, 0.29) is 18.6 Å². The van der Waals surface area contributed by atoms with E-state index in [4.69, 9.17) is 10.8 Å². The summed E-state index contributed by atoms with van der Waals surface area (Å²) in [5, 5.41) is 8.91. The highest BCUT2D eigenvalue weighted by Crippen LogP contribution is 2.11. The number of amides is 1. The third kappa shape index (κ3) is 12.6. The number of carbonyl (C=O) groups is 1. The van der Waals surface area contributed by atoms with Crippen LogP contribution in [0.1, 0.15) is 48.0 Å². The summed E-state index contributed by atoms with van der Waals surface area (Å²) in [6.45, 7) is 18.8. The van der Waals surface area contributed by atoms with Crippen molar-refractivity contribution in [3.05, 3.63) is 61.0 Å². The largest absolute Gasteiger partial charge is 0.395 e. The topological polar surface area (TPSA) is 66.6 Å². The number of allylic oxidation sites excluding steroid dienone is 4. The van der Waals surface area contributed by atoms with Crippen molar-refractivity contribution in [1.82, 2.24) is 4.90 Å². The quantitative estimate of drug-likeness (QED) is 0.512. The summed E-state index contributed by atoms with van der Waals surface area (Å²) < 4.78 is 0. The second-order valence-corrected chi connectivity index (χ2v) is 4.34. The van der Waals surface area contributed by atoms with Gasteiger partial charge in [0.1, 0.15) is 0 Å². The Bertz CT molecular complexity index is 435. The van der Waals surface area contributed by atoms with E-state index >= 15 is 0 Å². The Balaban J connectivity index is -0.00000102. The van der Waals surface area contributed by atoms with Crippen molar-refractivity contribution in [1.29, 1.82) is 0 Å². The van der Waals surface area contributed by atoms with Gasteiger partial charge in [-0.2, -0.15) is 0 Å². The summed E-state index contributed by atoms with van der Waals surface area (Å²) in [5.41, 5.74) is 7.16. The molecule has 0 aliphatic carbocycles. The van der Waals surface area contributed by atoms with Crippen molar-refractivity contribution in [2.24, 2.45) is 5.73 Å². The summed E-state index contributed by atoms with van der Waals surface area (Å²) in [6.07, 6.45) is 10.4. The van der Waals surface area contributed by atoms with Crippen LogP contribution in [0.3, 0.4) is 0 Å². The highest BCUT2D eigenvalue weighted by molar-refractivity contribution is 5.90. The first kappa shape index (κ1) is 27.0. The Hall–Kier alpha value is -1.91. The molecule has 0 aromatic carbocycles. The van der Waals surface area contributed by atoms with Gasteiger partial charge in [0.2, 0.25) is 0 Å². The smallest absolute Gasteiger partial charge is 0.254 e. The van der Waals surface area contributed by atoms with Crippen LogP contribution in [0.15, 0.2) is 61.0 Å². The summed E-state index contributed by atoms with van der Waals surface area (Å²) in [6, 6.07) is -0.349. The second kappa shape index (κ2) is 19.1. The maximum absolute atomic E-state index is 12.2. The van der Waals surface area contributed by atoms with E-state index in [9.17, 15) is 4.79 Å². The number of hydrogen-bond donors (Lipinski definition) is 2. The van der Waals surface area contributed by atoms with Crippen LogP contribution >= 0.6 is 0 Å². The molecule has 4 nitrogen and oxygen atoms in total. The van der Waals surface area contributed by atoms with Gasteiger partial charge in [0.05, 0.1) is 6.61 Å². The number of nitrogens with zero attached hydrogens (tertiary/aromatic N) is 1. The molecule has 3 N–H and O–H groups in total. The molecule has 0 spiro atoms. The highest BCUT2D eigenvalue weighted by atomic mass is 16.3. The molecular weight excluding hydrogens is 300 g/mol. The highest BCUT2D eigenvalue weighted by Gasteiger charge is 2.11. The van der Waals surface area contributed by atoms with Gasteiger partial charge < -0.3 is 10.8 Å². The van der Waals surface area contributed by atoms with Crippen LogP contribution in [0, 0.1) is 0 Å². The predicted molar refractivity (Wildman–Crippen MR) is 106 cm³/mol. The maximum atomic E-state index is 12.2. The fraction of sp³-hybridized carbons (Fsp3) is 0.450. The van der Waals surface area contributed by atoms with Crippen LogP contribution in [0.5, 0.6) is 0 Å². The summed E-state index contributed by atoms with van der Waals surface area (Å²) in [7, 11) is 0. The molecule has 0 rings (SSSR count). The molecule has 1 atom stereocenters. The monoisotopic (exact) mass is 336 g/mol. The molecular formula is C20H36N2O2. The number of rotatable bonds is 8. The van der Waals surface area contributed by atoms with Gasteiger partial charge in [-0.15, -0.1) is 0 Å². The molecule has 24 heavy (non-hydrogen) atoms. The molecule has 0 radical (unpaired) electrons. The number of aliphatic hydroxyl groups excluding tert-OH is 1. The Morgan fingerprint density at radius 3 is 2.17 bits per heavy atom. The average Bonchev–Trinajstić information content (AvgIpc) is 2.61. The van der Waals surface area contributed by atoms with E-state index < -0.39 is 0 Å². The molecule has 0 aliphatic rings. The maximum Gasteiger partial charge on any atom is 0.254 e. The molecule has 1 unspecified atom stereocenters. The van der Waals surface area contributed by atoms with Gasteiger partial charge in [0, 0.05) is 24.0 Å². The fourth-order valence-electron chi connectivity index (χ4n) is 1.62. The van der Waals surface area contributed by atoms with Crippen molar-refractivity contribution >= 4 is 5.91 Å². The molecule has 0 aliphatic heterocycles. The Labute approximate surface area is 148 Å². The van der Waals surface area contributed by atoms with Gasteiger partial charge in [0.25, 0.3) is 5.91 Å². The standard InChI is InChI=1S/C16H24N2O2.2C2H6/c1-5-8-9-15(6-2)18(7-3)16(20)11-13(4)10-14(17)12-19;2*1-2/h5-9,11,14,19H,1,3,10,12,17H2,2,4H3;2*1-2H3/b9-8-,13-11+,15-6+;;. The van der Waals surface area contributed by atoms with Gasteiger partial charge in [0.15, 0.2) is 0 Å². The SMILES string of the molecule is C=C/C=C\C(=C/C)N(C=C)C(=O)/C=C(\C)CC(N)CO.CC.CC. The number of nitrogens with two attached hydrogens (primary N) is 1. The van der Waals surface area contributed by atoms with Crippen LogP contribution in [0.2, 0.25) is 0 Å². The van der Waals surface area contributed by atoms with Crippen molar-refractivity contribution in [3.8, 4) is 0 Å². The van der Waals surface area contributed by atoms with E-state index in [2.05, 4.69) is 13.2 Å². The van der Waals surface area contributed by atoms with Crippen molar-refractivity contribution in [2.45, 2.75) is 54.0 Å². The second-order valence-electron chi connectivity index (χ2n) is 4.34. The number of hydrogen-bond acceptors (Lipinski definition) is 3. The van der Waals surface area contributed by atoms with E-state index in [0.717, 1.165) is 5.57 Å². The predicted octanol–water partition coefficient (Wildman–Crippen LogP) is 4.31. The van der Waals surface area contributed by atoms with Gasteiger partial charge in [-0.05, 0) is 26.3 Å². The lowest BCUT2D eigenvalue weighted by Crippen LogP contribution is -2.26. The van der Waals surface area contributed by atoms with Crippen molar-refractivity contribution in [2.75, 3.05) is 6.61 Å². The molecule has 0 bridgehead atoms. The molecule has 0 fully saturated rings. The molecule has 0 saturated carbocycles. The van der Waals surface area contributed by atoms with E-state index in [0.29, 0.717) is 12.1 Å². The lowest BCUT2D eigenvalue weighted by molar-refractivity contribution is -0.122. The Morgan fingerprint density at radius 2 is 1.79 bits per heavy atom. The zero-order valence-electron chi connectivity index (χ0n) is 16.2. The molecule has 0 aromatic heterocycles. The summed E-state index contributed by atoms with van der Waals surface area (Å²) >= 11 is 0. The third-order valence-electron chi connectivity index (χ3n) is 2.59. The van der Waals surface area contributed by atoms with Crippen molar-refractivity contribution < 1.29 is 9.90 Å². The minimum Gasteiger partial charge on any atom is -0.395 e. The Kier molecular flexibility index (Phi) is 21.5. The summed E-state index contributed by atoms with van der Waals surface area (Å²) in [5.74, 6) is -0.204. The Morgan fingerprint density at radius 1 is 1.25 bits per heavy atom. The normalized spacial score (nSPS) is 12.3. The zero-order valence-corrected chi connectivity index (χ0v) is 16.2. The van der Waals surface area contributed by atoms with Gasteiger partial charge in [-0.1, -0.05) is 64.7 Å². The van der Waals surface area contributed by atoms with Gasteiger partial charge >= 0.3 is 0 Å². The van der Waals surface area contributed by atoms with Crippen molar-refractivity contribution in [3.63, 3.8) is 0 Å². The first-order valence-corrected chi connectivity index (χ1v) is 8.44. The average molecular weight is 337 g/mol. The first-order valence-electron chi connectivity index (χ1n) is 8.44. The van der Waals surface area contributed by atoms with Gasteiger partial charge in [-0.3, -0.25) is 9.69 Å². The molecule has 0 aromatic rings. The first-order chi connectivity index (χ1) is 11.5. The molecule has 0 saturated heterocycles. The molecule has 0 heterocycles. The minimum absolute atomic E-state index is 0.104. The molecule has 138 valence electrons. The van der Waals surface area contributed by atoms with Crippen LogP contribution in [-0.2, 0) is 4.79 Å². The minimum atomic E-state index is -0.349. The van der Waals surface area contributed by atoms with E-state index in [1.54, 1.807) is 18.2 Å². The van der Waals surface area contributed by atoms with E-state index in [1.165, 1.54) is 17.2 Å². The van der Waals surface area contributed by atoms with Crippen LogP contribution in [-0.4, -0.2) is 28.6 Å². The fourth-order valence-corrected chi connectivity index (χ4v) is 1.62. The lowest BCUT2D eigenvalue weighted by atomic mass is 10.1. The number of aliphatic hydroxyl groups is 1. The van der Waals surface area contributed by atoms with Crippen LogP contribution in [0.25, 0.3) is 0 Å². The van der Waals surface area contributed by atoms with E-state index in [1.807, 2.05) is 47.6 Å². The zero-order chi connectivity index (χ0) is 19.5. The van der Waals surface area contributed by atoms with Gasteiger partial charge in [-0.25, -0.2) is 0 Å². The molecule has 1 amide bonds.